The Balaban J connectivity index is 1.83. The average molecular weight is 499 g/mol. The normalized spacial score (nSPS) is 11.4. The van der Waals surface area contributed by atoms with Crippen LogP contribution in [0.1, 0.15) is 11.3 Å². The maximum Gasteiger partial charge on any atom is 0.437 e. The van der Waals surface area contributed by atoms with Crippen LogP contribution in [0.15, 0.2) is 42.6 Å². The van der Waals surface area contributed by atoms with E-state index in [1.807, 2.05) is 0 Å². The summed E-state index contributed by atoms with van der Waals surface area (Å²) in [6, 6.07) is 8.57. The van der Waals surface area contributed by atoms with Gasteiger partial charge in [-0.2, -0.15) is 18.3 Å². The van der Waals surface area contributed by atoms with Crippen LogP contribution >= 0.6 is 46.4 Å². The summed E-state index contributed by atoms with van der Waals surface area (Å²) in [6.45, 7) is -0.0503. The van der Waals surface area contributed by atoms with Crippen molar-refractivity contribution in [2.24, 2.45) is 0 Å². The van der Waals surface area contributed by atoms with Crippen molar-refractivity contribution in [3.05, 3.63) is 73.9 Å². The van der Waals surface area contributed by atoms with Gasteiger partial charge in [0.1, 0.15) is 0 Å². The van der Waals surface area contributed by atoms with Crippen molar-refractivity contribution in [1.29, 1.82) is 0 Å². The first kappa shape index (κ1) is 22.6. The van der Waals surface area contributed by atoms with Gasteiger partial charge in [-0.3, -0.25) is 0 Å². The van der Waals surface area contributed by atoms with E-state index in [2.05, 4.69) is 10.4 Å². The first-order valence-corrected chi connectivity index (χ1v) is 9.57. The van der Waals surface area contributed by atoms with Crippen molar-refractivity contribution in [2.45, 2.75) is 12.7 Å². The van der Waals surface area contributed by atoms with E-state index in [-0.39, 0.29) is 27.3 Å². The van der Waals surface area contributed by atoms with E-state index in [9.17, 15) is 18.0 Å². The standard InChI is InChI=1S/C18H10Cl4F3N3O2/c19-10-2-4-12(21)14(6-10)28-16(18(23,24)25)15(8-27-28)30-17(29)26-7-9-1-3-11(20)13(22)5-9/h1-6,8H,7H2,(H,26,29). The smallest absolute Gasteiger partial charge is 0.406 e. The van der Waals surface area contributed by atoms with E-state index in [1.165, 1.54) is 30.3 Å². The van der Waals surface area contributed by atoms with Crippen LogP contribution in [0.4, 0.5) is 18.0 Å². The number of carbonyl (C=O) groups is 1. The molecule has 3 aromatic rings. The molecule has 158 valence electrons. The maximum atomic E-state index is 13.7. The minimum Gasteiger partial charge on any atom is -0.406 e. The first-order valence-electron chi connectivity index (χ1n) is 8.06. The van der Waals surface area contributed by atoms with Crippen molar-refractivity contribution >= 4 is 52.5 Å². The second kappa shape index (κ2) is 8.93. The van der Waals surface area contributed by atoms with E-state index in [1.54, 1.807) is 6.07 Å². The third kappa shape index (κ3) is 5.13. The summed E-state index contributed by atoms with van der Waals surface area (Å²) in [7, 11) is 0. The van der Waals surface area contributed by atoms with Crippen LogP contribution in [0.2, 0.25) is 20.1 Å². The number of aromatic nitrogens is 2. The first-order chi connectivity index (χ1) is 14.1. The molecule has 1 aromatic heterocycles. The lowest BCUT2D eigenvalue weighted by Crippen LogP contribution is -2.27. The molecule has 0 saturated heterocycles. The van der Waals surface area contributed by atoms with Crippen LogP contribution < -0.4 is 10.1 Å². The highest BCUT2D eigenvalue weighted by Gasteiger charge is 2.41. The summed E-state index contributed by atoms with van der Waals surface area (Å²) in [4.78, 5) is 12.0. The molecule has 1 N–H and O–H groups in total. The van der Waals surface area contributed by atoms with Gasteiger partial charge < -0.3 is 10.1 Å². The number of halogens is 7. The molecule has 2 aromatic carbocycles. The van der Waals surface area contributed by atoms with Crippen molar-refractivity contribution in [3.8, 4) is 11.4 Å². The highest BCUT2D eigenvalue weighted by Crippen LogP contribution is 2.39. The van der Waals surface area contributed by atoms with Gasteiger partial charge >= 0.3 is 12.3 Å². The van der Waals surface area contributed by atoms with Gasteiger partial charge in [0.2, 0.25) is 0 Å². The van der Waals surface area contributed by atoms with Crippen LogP contribution in [-0.4, -0.2) is 15.9 Å². The Morgan fingerprint density at radius 1 is 1.03 bits per heavy atom. The summed E-state index contributed by atoms with van der Waals surface area (Å²) in [5.41, 5.74) is -0.877. The molecule has 0 aliphatic heterocycles. The molecule has 0 unspecified atom stereocenters. The Kier molecular flexibility index (Phi) is 6.71. The molecule has 0 spiro atoms. The van der Waals surface area contributed by atoms with Crippen molar-refractivity contribution in [1.82, 2.24) is 15.1 Å². The predicted octanol–water partition coefficient (Wildman–Crippen LogP) is 6.79. The average Bonchev–Trinajstić information content (AvgIpc) is 3.08. The fourth-order valence-corrected chi connectivity index (χ4v) is 3.14. The van der Waals surface area contributed by atoms with Crippen LogP contribution in [0.3, 0.4) is 0 Å². The molecular weight excluding hydrogens is 489 g/mol. The third-order valence-corrected chi connectivity index (χ3v) is 5.06. The Morgan fingerprint density at radius 2 is 1.73 bits per heavy atom. The quantitative estimate of drug-likeness (QED) is 0.430. The van der Waals surface area contributed by atoms with Gasteiger partial charge in [0.15, 0.2) is 11.4 Å². The zero-order chi connectivity index (χ0) is 22.1. The molecule has 0 saturated carbocycles. The Labute approximate surface area is 188 Å². The lowest BCUT2D eigenvalue weighted by atomic mass is 10.2. The molecule has 0 fully saturated rings. The van der Waals surface area contributed by atoms with Gasteiger partial charge in [0.25, 0.3) is 0 Å². The van der Waals surface area contributed by atoms with Crippen molar-refractivity contribution in [2.75, 3.05) is 0 Å². The molecule has 3 rings (SSSR count). The summed E-state index contributed by atoms with van der Waals surface area (Å²) < 4.78 is 46.3. The molecule has 1 amide bonds. The number of nitrogens with one attached hydrogen (secondary N) is 1. The molecular formula is C18H10Cl4F3N3O2. The lowest BCUT2D eigenvalue weighted by Gasteiger charge is -2.14. The van der Waals surface area contributed by atoms with Gasteiger partial charge in [-0.15, -0.1) is 0 Å². The maximum absolute atomic E-state index is 13.7. The van der Waals surface area contributed by atoms with Gasteiger partial charge in [0.05, 0.1) is 27.0 Å². The number of amides is 1. The lowest BCUT2D eigenvalue weighted by molar-refractivity contribution is -0.143. The van der Waals surface area contributed by atoms with Crippen LogP contribution in [-0.2, 0) is 12.7 Å². The number of carbonyl (C=O) groups excluding carboxylic acids is 1. The number of nitrogens with zero attached hydrogens (tertiary/aromatic N) is 2. The Bertz CT molecular complexity index is 1100. The Morgan fingerprint density at radius 3 is 2.40 bits per heavy atom. The fraction of sp³-hybridized carbons (Fsp3) is 0.111. The summed E-state index contributed by atoms with van der Waals surface area (Å²) in [5.74, 6) is -0.801. The van der Waals surface area contributed by atoms with Gasteiger partial charge in [-0.25, -0.2) is 9.48 Å². The zero-order valence-electron chi connectivity index (χ0n) is 14.6. The van der Waals surface area contributed by atoms with Crippen molar-refractivity contribution in [3.63, 3.8) is 0 Å². The minimum absolute atomic E-state index is 0.0244. The number of benzene rings is 2. The van der Waals surface area contributed by atoms with E-state index in [0.29, 0.717) is 15.3 Å². The van der Waals surface area contributed by atoms with Crippen LogP contribution in [0.5, 0.6) is 5.75 Å². The second-order valence-electron chi connectivity index (χ2n) is 5.85. The molecule has 30 heavy (non-hydrogen) atoms. The van der Waals surface area contributed by atoms with Gasteiger partial charge in [-0.05, 0) is 35.9 Å². The Hall–Kier alpha value is -2.13. The predicted molar refractivity (Wildman–Crippen MR) is 108 cm³/mol. The van der Waals surface area contributed by atoms with Gasteiger partial charge in [-0.1, -0.05) is 52.5 Å². The molecule has 0 atom stereocenters. The SMILES string of the molecule is O=C(NCc1ccc(Cl)c(Cl)c1)Oc1cnn(-c2cc(Cl)ccc2Cl)c1C(F)(F)F. The molecule has 0 bridgehead atoms. The second-order valence-corrected chi connectivity index (χ2v) is 7.51. The van der Waals surface area contributed by atoms with Crippen LogP contribution in [0.25, 0.3) is 5.69 Å². The highest BCUT2D eigenvalue weighted by molar-refractivity contribution is 6.42. The van der Waals surface area contributed by atoms with Crippen LogP contribution in [0, 0.1) is 0 Å². The number of rotatable bonds is 4. The summed E-state index contributed by atoms with van der Waals surface area (Å²) in [6.07, 6.45) is -5.26. The molecule has 5 nitrogen and oxygen atoms in total. The molecule has 0 aliphatic rings. The topological polar surface area (TPSA) is 56.1 Å². The summed E-state index contributed by atoms with van der Waals surface area (Å²) in [5, 5.41) is 6.71. The third-order valence-electron chi connectivity index (χ3n) is 3.76. The van der Waals surface area contributed by atoms with Gasteiger partial charge in [0, 0.05) is 11.6 Å². The van der Waals surface area contributed by atoms with E-state index in [0.717, 1.165) is 6.20 Å². The number of ether oxygens (including phenoxy) is 1. The van der Waals surface area contributed by atoms with E-state index >= 15 is 0 Å². The largest absolute Gasteiger partial charge is 0.437 e. The highest BCUT2D eigenvalue weighted by atomic mass is 35.5. The van der Waals surface area contributed by atoms with Crippen molar-refractivity contribution < 1.29 is 22.7 Å². The monoisotopic (exact) mass is 497 g/mol. The number of hydrogen-bond acceptors (Lipinski definition) is 3. The van der Waals surface area contributed by atoms with E-state index in [4.69, 9.17) is 51.1 Å². The van der Waals surface area contributed by atoms with E-state index < -0.39 is 23.7 Å². The summed E-state index contributed by atoms with van der Waals surface area (Å²) >= 11 is 23.5. The molecule has 1 heterocycles. The molecule has 12 heteroatoms. The molecule has 0 aliphatic carbocycles. The molecule has 0 radical (unpaired) electrons. The zero-order valence-corrected chi connectivity index (χ0v) is 17.6. The number of hydrogen-bond donors (Lipinski definition) is 1. The minimum atomic E-state index is -4.90. The number of alkyl halides is 3. The fourth-order valence-electron chi connectivity index (χ4n) is 2.46.